The maximum atomic E-state index is 11.8. The van der Waals surface area contributed by atoms with Crippen molar-refractivity contribution in [3.63, 3.8) is 0 Å². The van der Waals surface area contributed by atoms with Gasteiger partial charge in [-0.1, -0.05) is 31.9 Å². The number of carbonyl (C=O) groups excluding carboxylic acids is 1. The molecule has 0 saturated carbocycles. The van der Waals surface area contributed by atoms with Crippen LogP contribution in [-0.4, -0.2) is 10.8 Å². The first-order chi connectivity index (χ1) is 6.66. The van der Waals surface area contributed by atoms with E-state index in [-0.39, 0.29) is 11.7 Å². The standard InChI is InChI=1S/C11H14ClNO/c1-3-4-8(2)11(14)9-5-6-13-7-10(9)12/h5-8H,3-4H2,1-2H3. The highest BCUT2D eigenvalue weighted by Crippen LogP contribution is 2.19. The van der Waals surface area contributed by atoms with E-state index < -0.39 is 0 Å². The van der Waals surface area contributed by atoms with Gasteiger partial charge in [-0.3, -0.25) is 9.78 Å². The molecule has 0 aromatic carbocycles. The average Bonchev–Trinajstić information content (AvgIpc) is 2.18. The Morgan fingerprint density at radius 1 is 1.64 bits per heavy atom. The summed E-state index contributed by atoms with van der Waals surface area (Å²) in [6.45, 7) is 4.00. The smallest absolute Gasteiger partial charge is 0.167 e. The topological polar surface area (TPSA) is 30.0 Å². The lowest BCUT2D eigenvalue weighted by Gasteiger charge is -2.09. The van der Waals surface area contributed by atoms with E-state index in [2.05, 4.69) is 11.9 Å². The van der Waals surface area contributed by atoms with Crippen molar-refractivity contribution in [2.75, 3.05) is 0 Å². The van der Waals surface area contributed by atoms with Crippen LogP contribution in [0.25, 0.3) is 0 Å². The molecule has 0 fully saturated rings. The maximum Gasteiger partial charge on any atom is 0.167 e. The monoisotopic (exact) mass is 211 g/mol. The van der Waals surface area contributed by atoms with Gasteiger partial charge in [0.25, 0.3) is 0 Å². The van der Waals surface area contributed by atoms with Crippen molar-refractivity contribution < 1.29 is 4.79 Å². The molecule has 76 valence electrons. The van der Waals surface area contributed by atoms with E-state index in [1.165, 1.54) is 6.20 Å². The van der Waals surface area contributed by atoms with Crippen LogP contribution in [0.5, 0.6) is 0 Å². The molecule has 14 heavy (non-hydrogen) atoms. The van der Waals surface area contributed by atoms with Gasteiger partial charge in [0.1, 0.15) is 0 Å². The summed E-state index contributed by atoms with van der Waals surface area (Å²) in [6.07, 6.45) is 5.01. The Hall–Kier alpha value is -0.890. The van der Waals surface area contributed by atoms with Crippen molar-refractivity contribution in [1.82, 2.24) is 4.98 Å². The largest absolute Gasteiger partial charge is 0.294 e. The highest BCUT2D eigenvalue weighted by Gasteiger charge is 2.16. The predicted octanol–water partition coefficient (Wildman–Crippen LogP) is 3.35. The van der Waals surface area contributed by atoms with Crippen molar-refractivity contribution in [1.29, 1.82) is 0 Å². The molecule has 1 unspecified atom stereocenters. The van der Waals surface area contributed by atoms with Gasteiger partial charge in [-0.25, -0.2) is 0 Å². The molecule has 0 bridgehead atoms. The van der Waals surface area contributed by atoms with Crippen LogP contribution in [0.2, 0.25) is 5.02 Å². The Bertz CT molecular complexity index is 325. The van der Waals surface area contributed by atoms with Crippen LogP contribution in [0, 0.1) is 5.92 Å². The lowest BCUT2D eigenvalue weighted by molar-refractivity contribution is 0.0923. The van der Waals surface area contributed by atoms with Crippen molar-refractivity contribution in [2.24, 2.45) is 5.92 Å². The van der Waals surface area contributed by atoms with E-state index in [1.54, 1.807) is 12.3 Å². The first kappa shape index (κ1) is 11.2. The minimum atomic E-state index is 0.0416. The fourth-order valence-corrected chi connectivity index (χ4v) is 1.62. The second-order valence-corrected chi connectivity index (χ2v) is 3.82. The number of pyridine rings is 1. The van der Waals surface area contributed by atoms with Gasteiger partial charge >= 0.3 is 0 Å². The van der Waals surface area contributed by atoms with Gasteiger partial charge in [-0.05, 0) is 12.5 Å². The number of hydrogen-bond acceptors (Lipinski definition) is 2. The summed E-state index contributed by atoms with van der Waals surface area (Å²) < 4.78 is 0. The third-order valence-electron chi connectivity index (χ3n) is 2.21. The van der Waals surface area contributed by atoms with E-state index in [0.29, 0.717) is 10.6 Å². The number of aromatic nitrogens is 1. The number of Topliss-reactive ketones (excluding diaryl/α,β-unsaturated/α-hetero) is 1. The van der Waals surface area contributed by atoms with E-state index in [4.69, 9.17) is 11.6 Å². The van der Waals surface area contributed by atoms with Crippen LogP contribution in [-0.2, 0) is 0 Å². The second kappa shape index (κ2) is 5.11. The minimum Gasteiger partial charge on any atom is -0.294 e. The van der Waals surface area contributed by atoms with Crippen LogP contribution in [0.15, 0.2) is 18.5 Å². The molecule has 2 nitrogen and oxygen atoms in total. The normalized spacial score (nSPS) is 12.5. The van der Waals surface area contributed by atoms with E-state index in [9.17, 15) is 4.79 Å². The number of carbonyl (C=O) groups is 1. The predicted molar refractivity (Wildman–Crippen MR) is 57.6 cm³/mol. The number of halogens is 1. The van der Waals surface area contributed by atoms with Crippen molar-refractivity contribution >= 4 is 17.4 Å². The maximum absolute atomic E-state index is 11.8. The minimum absolute atomic E-state index is 0.0416. The van der Waals surface area contributed by atoms with Crippen LogP contribution in [0.1, 0.15) is 37.0 Å². The van der Waals surface area contributed by atoms with Crippen LogP contribution in [0.3, 0.4) is 0 Å². The highest BCUT2D eigenvalue weighted by atomic mass is 35.5. The molecule has 1 rings (SSSR count). The molecule has 0 aliphatic heterocycles. The van der Waals surface area contributed by atoms with Gasteiger partial charge in [0.15, 0.2) is 5.78 Å². The van der Waals surface area contributed by atoms with Gasteiger partial charge in [0.2, 0.25) is 0 Å². The summed E-state index contributed by atoms with van der Waals surface area (Å²) in [5, 5.41) is 0.445. The molecular formula is C11H14ClNO. The molecule has 1 aromatic rings. The van der Waals surface area contributed by atoms with Gasteiger partial charge < -0.3 is 0 Å². The van der Waals surface area contributed by atoms with Crippen molar-refractivity contribution in [3.8, 4) is 0 Å². The molecule has 0 aliphatic rings. The highest BCUT2D eigenvalue weighted by molar-refractivity contribution is 6.33. The molecule has 0 aliphatic carbocycles. The number of hydrogen-bond donors (Lipinski definition) is 0. The van der Waals surface area contributed by atoms with Crippen LogP contribution in [0.4, 0.5) is 0 Å². The molecule has 1 atom stereocenters. The van der Waals surface area contributed by atoms with Gasteiger partial charge in [0, 0.05) is 23.9 Å². The van der Waals surface area contributed by atoms with E-state index in [0.717, 1.165) is 12.8 Å². The fourth-order valence-electron chi connectivity index (χ4n) is 1.40. The summed E-state index contributed by atoms with van der Waals surface area (Å²) in [6, 6.07) is 1.68. The van der Waals surface area contributed by atoms with Gasteiger partial charge in [-0.15, -0.1) is 0 Å². The van der Waals surface area contributed by atoms with Gasteiger partial charge in [-0.2, -0.15) is 0 Å². The third kappa shape index (κ3) is 2.55. The molecule has 0 radical (unpaired) electrons. The first-order valence-electron chi connectivity index (χ1n) is 4.80. The molecular weight excluding hydrogens is 198 g/mol. The average molecular weight is 212 g/mol. The summed E-state index contributed by atoms with van der Waals surface area (Å²) in [4.78, 5) is 15.7. The zero-order chi connectivity index (χ0) is 10.6. The van der Waals surface area contributed by atoms with E-state index in [1.807, 2.05) is 6.92 Å². The first-order valence-corrected chi connectivity index (χ1v) is 5.18. The number of ketones is 1. The SMILES string of the molecule is CCCC(C)C(=O)c1ccncc1Cl. The Morgan fingerprint density at radius 3 is 2.93 bits per heavy atom. The molecule has 0 saturated heterocycles. The van der Waals surface area contributed by atoms with Gasteiger partial charge in [0.05, 0.1) is 5.02 Å². The summed E-state index contributed by atoms with van der Waals surface area (Å²) >= 11 is 5.88. The van der Waals surface area contributed by atoms with Crippen molar-refractivity contribution in [2.45, 2.75) is 26.7 Å². The molecule has 3 heteroatoms. The fraction of sp³-hybridized carbons (Fsp3) is 0.455. The molecule has 0 N–H and O–H groups in total. The van der Waals surface area contributed by atoms with E-state index >= 15 is 0 Å². The Kier molecular flexibility index (Phi) is 4.08. The Balaban J connectivity index is 2.84. The Labute approximate surface area is 89.3 Å². The summed E-state index contributed by atoms with van der Waals surface area (Å²) in [7, 11) is 0. The summed E-state index contributed by atoms with van der Waals surface area (Å²) in [5.74, 6) is 0.152. The summed E-state index contributed by atoms with van der Waals surface area (Å²) in [5.41, 5.74) is 0.586. The molecule has 0 spiro atoms. The quantitative estimate of drug-likeness (QED) is 0.715. The lowest BCUT2D eigenvalue weighted by Crippen LogP contribution is -2.11. The molecule has 0 amide bonds. The lowest BCUT2D eigenvalue weighted by atomic mass is 9.96. The number of rotatable bonds is 4. The van der Waals surface area contributed by atoms with Crippen molar-refractivity contribution in [3.05, 3.63) is 29.0 Å². The van der Waals surface area contributed by atoms with Crippen LogP contribution >= 0.6 is 11.6 Å². The second-order valence-electron chi connectivity index (χ2n) is 3.41. The molecule has 1 heterocycles. The zero-order valence-corrected chi connectivity index (χ0v) is 9.21. The third-order valence-corrected chi connectivity index (χ3v) is 2.51. The molecule has 1 aromatic heterocycles. The van der Waals surface area contributed by atoms with Crippen LogP contribution < -0.4 is 0 Å². The number of nitrogens with zero attached hydrogens (tertiary/aromatic N) is 1. The zero-order valence-electron chi connectivity index (χ0n) is 8.46. The Morgan fingerprint density at radius 2 is 2.36 bits per heavy atom.